The Hall–Kier alpha value is -0.870. The lowest BCUT2D eigenvalue weighted by Gasteiger charge is -2.42. The zero-order valence-electron chi connectivity index (χ0n) is 13.5. The van der Waals surface area contributed by atoms with Gasteiger partial charge in [0.15, 0.2) is 0 Å². The van der Waals surface area contributed by atoms with Crippen molar-refractivity contribution >= 4 is 0 Å². The van der Waals surface area contributed by atoms with E-state index in [2.05, 4.69) is 23.0 Å². The van der Waals surface area contributed by atoms with Crippen LogP contribution in [-0.4, -0.2) is 44.5 Å². The van der Waals surface area contributed by atoms with Crippen molar-refractivity contribution in [1.29, 1.82) is 0 Å². The average Bonchev–Trinajstić information content (AvgIpc) is 3.19. The van der Waals surface area contributed by atoms with Crippen LogP contribution >= 0.6 is 0 Å². The van der Waals surface area contributed by atoms with E-state index in [-0.39, 0.29) is 11.6 Å². The minimum atomic E-state index is -0.264. The van der Waals surface area contributed by atoms with Gasteiger partial charge >= 0.3 is 0 Å². The summed E-state index contributed by atoms with van der Waals surface area (Å²) in [5.41, 5.74) is 2.28. The molecule has 1 aliphatic heterocycles. The molecule has 1 aliphatic carbocycles. The second kappa shape index (κ2) is 6.09. The van der Waals surface area contributed by atoms with Crippen molar-refractivity contribution in [2.75, 3.05) is 13.1 Å². The van der Waals surface area contributed by atoms with Crippen LogP contribution in [0.25, 0.3) is 0 Å². The van der Waals surface area contributed by atoms with Gasteiger partial charge in [-0.2, -0.15) is 5.10 Å². The lowest BCUT2D eigenvalue weighted by Crippen LogP contribution is -2.54. The van der Waals surface area contributed by atoms with Gasteiger partial charge in [-0.05, 0) is 58.7 Å². The van der Waals surface area contributed by atoms with Crippen LogP contribution in [-0.2, 0) is 13.0 Å². The molecule has 4 heteroatoms. The van der Waals surface area contributed by atoms with Gasteiger partial charge < -0.3 is 5.11 Å². The highest BCUT2D eigenvalue weighted by Gasteiger charge is 2.46. The summed E-state index contributed by atoms with van der Waals surface area (Å²) < 4.78 is 2.05. The predicted octanol–water partition coefficient (Wildman–Crippen LogP) is 2.52. The lowest BCUT2D eigenvalue weighted by molar-refractivity contribution is -0.0181. The number of aryl methyl sites for hydroxylation is 2. The Bertz CT molecular complexity index is 470. The van der Waals surface area contributed by atoms with Crippen molar-refractivity contribution in [3.63, 3.8) is 0 Å². The zero-order chi connectivity index (χ0) is 14.9. The molecule has 118 valence electrons. The van der Waals surface area contributed by atoms with Gasteiger partial charge in [-0.15, -0.1) is 0 Å². The summed E-state index contributed by atoms with van der Waals surface area (Å²) in [7, 11) is 0. The van der Waals surface area contributed by atoms with Crippen LogP contribution in [0.5, 0.6) is 0 Å². The summed E-state index contributed by atoms with van der Waals surface area (Å²) in [5, 5.41) is 15.6. The fraction of sp³-hybridized carbons (Fsp3) is 0.824. The molecule has 0 amide bonds. The zero-order valence-corrected chi connectivity index (χ0v) is 13.5. The molecule has 1 aromatic heterocycles. The minimum absolute atomic E-state index is 0.0350. The highest BCUT2D eigenvalue weighted by molar-refractivity contribution is 5.13. The average molecular weight is 291 g/mol. The smallest absolute Gasteiger partial charge is 0.0779 e. The van der Waals surface area contributed by atoms with Crippen molar-refractivity contribution in [3.05, 3.63) is 17.5 Å². The standard InChI is InChI=1S/C17H29N3O/c1-3-20-15(12-14(2)18-20)13-16(21)17(8-4-5-9-17)19-10-6-7-11-19/h12,16,21H,3-11,13H2,1-2H3. The summed E-state index contributed by atoms with van der Waals surface area (Å²) >= 11 is 0. The van der Waals surface area contributed by atoms with Gasteiger partial charge in [0.1, 0.15) is 0 Å². The van der Waals surface area contributed by atoms with Gasteiger partial charge in [-0.3, -0.25) is 9.58 Å². The number of aliphatic hydroxyl groups excluding tert-OH is 1. The van der Waals surface area contributed by atoms with Crippen LogP contribution in [0.15, 0.2) is 6.07 Å². The van der Waals surface area contributed by atoms with E-state index >= 15 is 0 Å². The van der Waals surface area contributed by atoms with Crippen LogP contribution in [0.3, 0.4) is 0 Å². The fourth-order valence-corrected chi connectivity index (χ4v) is 4.44. The van der Waals surface area contributed by atoms with E-state index in [1.54, 1.807) is 0 Å². The molecule has 1 N–H and O–H groups in total. The summed E-state index contributed by atoms with van der Waals surface area (Å²) in [6.07, 6.45) is 7.91. The fourth-order valence-electron chi connectivity index (χ4n) is 4.44. The van der Waals surface area contributed by atoms with Gasteiger partial charge in [0.05, 0.1) is 11.8 Å². The normalized spacial score (nSPS) is 23.8. The molecular formula is C17H29N3O. The van der Waals surface area contributed by atoms with Crippen molar-refractivity contribution in [2.24, 2.45) is 0 Å². The van der Waals surface area contributed by atoms with E-state index in [0.29, 0.717) is 0 Å². The maximum atomic E-state index is 11.1. The lowest BCUT2D eigenvalue weighted by atomic mass is 9.85. The second-order valence-electron chi connectivity index (χ2n) is 6.82. The Balaban J connectivity index is 1.79. The van der Waals surface area contributed by atoms with E-state index in [1.165, 1.54) is 44.5 Å². The van der Waals surface area contributed by atoms with E-state index in [9.17, 15) is 5.11 Å². The second-order valence-corrected chi connectivity index (χ2v) is 6.82. The highest BCUT2D eigenvalue weighted by atomic mass is 16.3. The maximum absolute atomic E-state index is 11.1. The predicted molar refractivity (Wildman–Crippen MR) is 84.4 cm³/mol. The minimum Gasteiger partial charge on any atom is -0.391 e. The van der Waals surface area contributed by atoms with E-state index in [1.807, 2.05) is 11.6 Å². The monoisotopic (exact) mass is 291 g/mol. The topological polar surface area (TPSA) is 41.3 Å². The Labute approximate surface area is 128 Å². The summed E-state index contributed by atoms with van der Waals surface area (Å²) in [4.78, 5) is 2.59. The van der Waals surface area contributed by atoms with E-state index in [4.69, 9.17) is 0 Å². The summed E-state index contributed by atoms with van der Waals surface area (Å²) in [5.74, 6) is 0. The Kier molecular flexibility index (Phi) is 4.36. The number of hydrogen-bond acceptors (Lipinski definition) is 3. The third kappa shape index (κ3) is 2.76. The highest BCUT2D eigenvalue weighted by Crippen LogP contribution is 2.41. The maximum Gasteiger partial charge on any atom is 0.0779 e. The molecule has 0 radical (unpaired) electrons. The third-order valence-electron chi connectivity index (χ3n) is 5.51. The Morgan fingerprint density at radius 3 is 2.52 bits per heavy atom. The van der Waals surface area contributed by atoms with Crippen LogP contribution in [0, 0.1) is 6.92 Å². The number of aromatic nitrogens is 2. The number of hydrogen-bond donors (Lipinski definition) is 1. The summed E-state index contributed by atoms with van der Waals surface area (Å²) in [6.45, 7) is 7.38. The van der Waals surface area contributed by atoms with E-state index in [0.717, 1.165) is 31.5 Å². The molecule has 2 aliphatic rings. The van der Waals surface area contributed by atoms with Crippen LogP contribution < -0.4 is 0 Å². The molecule has 2 fully saturated rings. The molecule has 1 saturated carbocycles. The van der Waals surface area contributed by atoms with Crippen LogP contribution in [0.1, 0.15) is 56.8 Å². The SMILES string of the molecule is CCn1nc(C)cc1CC(O)C1(N2CCCC2)CCCC1. The van der Waals surface area contributed by atoms with E-state index < -0.39 is 0 Å². The molecule has 0 aromatic carbocycles. The van der Waals surface area contributed by atoms with Crippen molar-refractivity contribution in [3.8, 4) is 0 Å². The van der Waals surface area contributed by atoms with Crippen LogP contribution in [0.2, 0.25) is 0 Å². The first-order valence-corrected chi connectivity index (χ1v) is 8.62. The number of nitrogens with zero attached hydrogens (tertiary/aromatic N) is 3. The Morgan fingerprint density at radius 1 is 1.24 bits per heavy atom. The molecule has 1 aromatic rings. The molecule has 4 nitrogen and oxygen atoms in total. The van der Waals surface area contributed by atoms with Gasteiger partial charge in [0, 0.05) is 24.2 Å². The van der Waals surface area contributed by atoms with Crippen LogP contribution in [0.4, 0.5) is 0 Å². The van der Waals surface area contributed by atoms with Crippen molar-refractivity contribution in [2.45, 2.75) is 77.0 Å². The molecular weight excluding hydrogens is 262 g/mol. The largest absolute Gasteiger partial charge is 0.391 e. The molecule has 21 heavy (non-hydrogen) atoms. The Morgan fingerprint density at radius 2 is 1.90 bits per heavy atom. The molecule has 1 unspecified atom stereocenters. The third-order valence-corrected chi connectivity index (χ3v) is 5.51. The first-order chi connectivity index (χ1) is 10.2. The van der Waals surface area contributed by atoms with Crippen molar-refractivity contribution < 1.29 is 5.11 Å². The van der Waals surface area contributed by atoms with Gasteiger partial charge in [0.2, 0.25) is 0 Å². The molecule has 2 heterocycles. The number of rotatable bonds is 5. The van der Waals surface area contributed by atoms with Gasteiger partial charge in [-0.1, -0.05) is 12.8 Å². The molecule has 1 atom stereocenters. The first kappa shape index (κ1) is 15.0. The first-order valence-electron chi connectivity index (χ1n) is 8.62. The summed E-state index contributed by atoms with van der Waals surface area (Å²) in [6, 6.07) is 2.14. The quantitative estimate of drug-likeness (QED) is 0.906. The van der Waals surface area contributed by atoms with Crippen molar-refractivity contribution in [1.82, 2.24) is 14.7 Å². The number of aliphatic hydroxyl groups is 1. The van der Waals surface area contributed by atoms with Gasteiger partial charge in [0.25, 0.3) is 0 Å². The van der Waals surface area contributed by atoms with Gasteiger partial charge in [-0.25, -0.2) is 0 Å². The molecule has 3 rings (SSSR count). The molecule has 0 bridgehead atoms. The molecule has 1 saturated heterocycles. The number of likely N-dealkylation sites (tertiary alicyclic amines) is 1. The molecule has 0 spiro atoms.